The Labute approximate surface area is 108 Å². The van der Waals surface area contributed by atoms with Crippen molar-refractivity contribution in [3.05, 3.63) is 0 Å². The molecule has 0 radical (unpaired) electrons. The molecule has 0 aromatic heterocycles. The van der Waals surface area contributed by atoms with Crippen LogP contribution in [-0.2, 0) is 0 Å². The first kappa shape index (κ1) is 15.0. The molecule has 2 nitrogen and oxygen atoms in total. The normalized spacial score (nSPS) is 23.6. The van der Waals surface area contributed by atoms with Crippen LogP contribution in [-0.4, -0.2) is 30.6 Å². The lowest BCUT2D eigenvalue weighted by Crippen LogP contribution is -2.48. The first-order chi connectivity index (χ1) is 7.79. The molecule has 1 unspecified atom stereocenters. The van der Waals surface area contributed by atoms with E-state index in [1.807, 2.05) is 0 Å². The monoisotopic (exact) mass is 240 g/mol. The van der Waals surface area contributed by atoms with Crippen molar-refractivity contribution in [2.75, 3.05) is 19.6 Å². The average molecular weight is 240 g/mol. The molecule has 0 saturated carbocycles. The van der Waals surface area contributed by atoms with Crippen LogP contribution >= 0.6 is 0 Å². The van der Waals surface area contributed by atoms with Gasteiger partial charge in [0.2, 0.25) is 0 Å². The summed E-state index contributed by atoms with van der Waals surface area (Å²) in [4.78, 5) is 2.63. The predicted octanol–water partition coefficient (Wildman–Crippen LogP) is 3.26. The third-order valence-corrected chi connectivity index (χ3v) is 4.50. The SMILES string of the molecule is CCC1(C)CCN(C(CN)CC(C)(C)C)CC1. The molecule has 1 fully saturated rings. The van der Waals surface area contributed by atoms with Gasteiger partial charge < -0.3 is 5.73 Å². The highest BCUT2D eigenvalue weighted by atomic mass is 15.2. The van der Waals surface area contributed by atoms with Crippen molar-refractivity contribution in [1.29, 1.82) is 0 Å². The van der Waals surface area contributed by atoms with Gasteiger partial charge >= 0.3 is 0 Å². The maximum atomic E-state index is 5.97. The summed E-state index contributed by atoms with van der Waals surface area (Å²) in [6, 6.07) is 0.580. The molecule has 0 aliphatic carbocycles. The Hall–Kier alpha value is -0.0800. The summed E-state index contributed by atoms with van der Waals surface area (Å²) in [5.41, 5.74) is 6.93. The molecule has 0 aromatic carbocycles. The Morgan fingerprint density at radius 2 is 1.76 bits per heavy atom. The van der Waals surface area contributed by atoms with Crippen molar-refractivity contribution >= 4 is 0 Å². The number of nitrogens with zero attached hydrogens (tertiary/aromatic N) is 1. The average Bonchev–Trinajstić information content (AvgIpc) is 2.26. The van der Waals surface area contributed by atoms with E-state index >= 15 is 0 Å². The van der Waals surface area contributed by atoms with Crippen LogP contribution in [0.4, 0.5) is 0 Å². The zero-order valence-electron chi connectivity index (χ0n) is 12.6. The van der Waals surface area contributed by atoms with Gasteiger partial charge in [-0.15, -0.1) is 0 Å². The fourth-order valence-electron chi connectivity index (χ4n) is 2.85. The number of nitrogens with two attached hydrogens (primary N) is 1. The van der Waals surface area contributed by atoms with Crippen LogP contribution in [0.25, 0.3) is 0 Å². The molecule has 0 bridgehead atoms. The third-order valence-electron chi connectivity index (χ3n) is 4.50. The van der Waals surface area contributed by atoms with Gasteiger partial charge in [0.15, 0.2) is 0 Å². The number of hydrogen-bond acceptors (Lipinski definition) is 2. The molecule has 1 aliphatic heterocycles. The Bertz CT molecular complexity index is 222. The summed E-state index contributed by atoms with van der Waals surface area (Å²) >= 11 is 0. The molecule has 1 atom stereocenters. The highest BCUT2D eigenvalue weighted by molar-refractivity contribution is 4.86. The van der Waals surface area contributed by atoms with E-state index in [-0.39, 0.29) is 0 Å². The lowest BCUT2D eigenvalue weighted by Gasteiger charge is -2.43. The predicted molar refractivity (Wildman–Crippen MR) is 76.1 cm³/mol. The van der Waals surface area contributed by atoms with Gasteiger partial charge in [-0.3, -0.25) is 4.90 Å². The molecule has 1 heterocycles. The zero-order valence-corrected chi connectivity index (χ0v) is 12.6. The quantitative estimate of drug-likeness (QED) is 0.817. The van der Waals surface area contributed by atoms with E-state index in [1.54, 1.807) is 0 Å². The van der Waals surface area contributed by atoms with Crippen molar-refractivity contribution in [1.82, 2.24) is 4.90 Å². The summed E-state index contributed by atoms with van der Waals surface area (Å²) in [5, 5.41) is 0. The number of hydrogen-bond donors (Lipinski definition) is 1. The molecule has 0 amide bonds. The fourth-order valence-corrected chi connectivity index (χ4v) is 2.85. The second-order valence-electron chi connectivity index (χ2n) is 7.35. The van der Waals surface area contributed by atoms with Gasteiger partial charge in [0, 0.05) is 12.6 Å². The summed E-state index contributed by atoms with van der Waals surface area (Å²) < 4.78 is 0. The van der Waals surface area contributed by atoms with E-state index in [4.69, 9.17) is 5.73 Å². The molecular weight excluding hydrogens is 208 g/mol. The molecule has 1 aliphatic rings. The summed E-state index contributed by atoms with van der Waals surface area (Å²) in [7, 11) is 0. The van der Waals surface area contributed by atoms with Crippen molar-refractivity contribution in [3.8, 4) is 0 Å². The lowest BCUT2D eigenvalue weighted by molar-refractivity contribution is 0.0666. The largest absolute Gasteiger partial charge is 0.329 e. The molecule has 1 saturated heterocycles. The van der Waals surface area contributed by atoms with Crippen LogP contribution in [0, 0.1) is 10.8 Å². The summed E-state index contributed by atoms with van der Waals surface area (Å²) in [6.45, 7) is 15.0. The van der Waals surface area contributed by atoms with Crippen LogP contribution in [0.2, 0.25) is 0 Å². The number of likely N-dealkylation sites (tertiary alicyclic amines) is 1. The lowest BCUT2D eigenvalue weighted by atomic mass is 9.77. The van der Waals surface area contributed by atoms with E-state index < -0.39 is 0 Å². The van der Waals surface area contributed by atoms with Crippen molar-refractivity contribution in [2.45, 2.75) is 66.3 Å². The van der Waals surface area contributed by atoms with Gasteiger partial charge in [-0.2, -0.15) is 0 Å². The van der Waals surface area contributed by atoms with Gasteiger partial charge in [0.05, 0.1) is 0 Å². The van der Waals surface area contributed by atoms with Crippen molar-refractivity contribution in [2.24, 2.45) is 16.6 Å². The van der Waals surface area contributed by atoms with Gasteiger partial charge in [0.25, 0.3) is 0 Å². The van der Waals surface area contributed by atoms with Gasteiger partial charge in [-0.05, 0) is 43.2 Å². The Morgan fingerprint density at radius 1 is 1.24 bits per heavy atom. The van der Waals surface area contributed by atoms with Gasteiger partial charge in [-0.25, -0.2) is 0 Å². The van der Waals surface area contributed by atoms with Crippen LogP contribution in [0.5, 0.6) is 0 Å². The van der Waals surface area contributed by atoms with Crippen molar-refractivity contribution < 1.29 is 0 Å². The van der Waals surface area contributed by atoms with E-state index in [2.05, 4.69) is 39.5 Å². The Balaban J connectivity index is 2.51. The van der Waals surface area contributed by atoms with Crippen LogP contribution < -0.4 is 5.73 Å². The summed E-state index contributed by atoms with van der Waals surface area (Å²) in [5.74, 6) is 0. The number of rotatable bonds is 4. The summed E-state index contributed by atoms with van der Waals surface area (Å²) in [6.07, 6.45) is 5.20. The standard InChI is InChI=1S/C15H32N2/c1-6-15(5)7-9-17(10-8-15)13(12-16)11-14(2,3)4/h13H,6-12,16H2,1-5H3. The fraction of sp³-hybridized carbons (Fsp3) is 1.00. The molecule has 102 valence electrons. The minimum atomic E-state index is 0.384. The molecule has 0 spiro atoms. The minimum absolute atomic E-state index is 0.384. The highest BCUT2D eigenvalue weighted by Gasteiger charge is 2.32. The molecule has 0 aromatic rings. The maximum absolute atomic E-state index is 5.97. The first-order valence-electron chi connectivity index (χ1n) is 7.24. The van der Waals surface area contributed by atoms with E-state index in [0.717, 1.165) is 6.54 Å². The Morgan fingerprint density at radius 3 is 2.12 bits per heavy atom. The van der Waals surface area contributed by atoms with E-state index in [1.165, 1.54) is 38.8 Å². The molecule has 17 heavy (non-hydrogen) atoms. The van der Waals surface area contributed by atoms with Crippen LogP contribution in [0.1, 0.15) is 60.3 Å². The number of piperidine rings is 1. The van der Waals surface area contributed by atoms with Crippen molar-refractivity contribution in [3.63, 3.8) is 0 Å². The van der Waals surface area contributed by atoms with Crippen LogP contribution in [0.15, 0.2) is 0 Å². The molecular formula is C15H32N2. The second kappa shape index (κ2) is 5.71. The third kappa shape index (κ3) is 4.59. The molecule has 2 heteroatoms. The van der Waals surface area contributed by atoms with E-state index in [0.29, 0.717) is 16.9 Å². The first-order valence-corrected chi connectivity index (χ1v) is 7.24. The molecule has 2 N–H and O–H groups in total. The van der Waals surface area contributed by atoms with Gasteiger partial charge in [0.1, 0.15) is 0 Å². The highest BCUT2D eigenvalue weighted by Crippen LogP contribution is 2.35. The van der Waals surface area contributed by atoms with Gasteiger partial charge in [-0.1, -0.05) is 41.0 Å². The maximum Gasteiger partial charge on any atom is 0.0223 e. The second-order valence-corrected chi connectivity index (χ2v) is 7.35. The zero-order chi connectivity index (χ0) is 13.1. The van der Waals surface area contributed by atoms with E-state index in [9.17, 15) is 0 Å². The topological polar surface area (TPSA) is 29.3 Å². The van der Waals surface area contributed by atoms with Crippen LogP contribution in [0.3, 0.4) is 0 Å². The minimum Gasteiger partial charge on any atom is -0.329 e. The Kier molecular flexibility index (Phi) is 5.03. The smallest absolute Gasteiger partial charge is 0.0223 e. The molecule has 1 rings (SSSR count).